The first-order valence-corrected chi connectivity index (χ1v) is 5.05. The fourth-order valence-corrected chi connectivity index (χ4v) is 2.01. The number of amides is 1. The summed E-state index contributed by atoms with van der Waals surface area (Å²) in [6.07, 6.45) is 1.62. The number of anilines is 1. The molecule has 0 saturated heterocycles. The summed E-state index contributed by atoms with van der Waals surface area (Å²) in [6, 6.07) is 8.17. The minimum Gasteiger partial charge on any atom is -0.315 e. The second-order valence-corrected chi connectivity index (χ2v) is 3.95. The van der Waals surface area contributed by atoms with E-state index in [1.54, 1.807) is 4.90 Å². The normalized spacial score (nSPS) is 21.7. The zero-order valence-electron chi connectivity index (χ0n) is 8.66. The number of nitrogens with zero attached hydrogens (tertiary/aromatic N) is 1. The van der Waals surface area contributed by atoms with Crippen LogP contribution in [0.2, 0.25) is 0 Å². The summed E-state index contributed by atoms with van der Waals surface area (Å²) in [5.74, 6) is 0.710. The molecule has 2 rings (SSSR count). The quantitative estimate of drug-likeness (QED) is 0.614. The highest BCUT2D eigenvalue weighted by atomic mass is 16.2. The molecule has 1 aromatic rings. The van der Waals surface area contributed by atoms with Crippen molar-refractivity contribution in [3.63, 3.8) is 0 Å². The fourth-order valence-electron chi connectivity index (χ4n) is 2.01. The van der Waals surface area contributed by atoms with Crippen molar-refractivity contribution < 1.29 is 4.79 Å². The summed E-state index contributed by atoms with van der Waals surface area (Å²) in [5, 5.41) is 0. The third-order valence-electron chi connectivity index (χ3n) is 2.99. The molecule has 0 spiro atoms. The molecule has 0 aliphatic carbocycles. The van der Waals surface area contributed by atoms with E-state index >= 15 is 0 Å². The van der Waals surface area contributed by atoms with Crippen LogP contribution in [0, 0.1) is 0 Å². The van der Waals surface area contributed by atoms with Crippen LogP contribution in [-0.4, -0.2) is 13.0 Å². The molecule has 1 amide bonds. The number of hydrogen-bond acceptors (Lipinski definition) is 1. The minimum atomic E-state index is 0.224. The SMILES string of the molecule is CC1CCC(=O)N(C)c2ccccc21. The lowest BCUT2D eigenvalue weighted by atomic mass is 9.96. The molecule has 0 radical (unpaired) electrons. The Bertz CT molecular complexity index is 359. The molecule has 2 nitrogen and oxygen atoms in total. The van der Waals surface area contributed by atoms with Crippen LogP contribution in [0.25, 0.3) is 0 Å². The number of rotatable bonds is 0. The molecule has 2 heteroatoms. The van der Waals surface area contributed by atoms with Crippen LogP contribution in [-0.2, 0) is 4.79 Å². The van der Waals surface area contributed by atoms with E-state index < -0.39 is 0 Å². The summed E-state index contributed by atoms with van der Waals surface area (Å²) in [6.45, 7) is 2.19. The Balaban J connectivity index is 2.51. The lowest BCUT2D eigenvalue weighted by Crippen LogP contribution is -2.24. The Morgan fingerprint density at radius 1 is 1.36 bits per heavy atom. The van der Waals surface area contributed by atoms with Crippen molar-refractivity contribution in [2.24, 2.45) is 0 Å². The number of hydrogen-bond donors (Lipinski definition) is 0. The summed E-state index contributed by atoms with van der Waals surface area (Å²) >= 11 is 0. The molecule has 0 N–H and O–H groups in total. The van der Waals surface area contributed by atoms with Gasteiger partial charge in [0, 0.05) is 19.2 Å². The predicted molar refractivity (Wildman–Crippen MR) is 57.5 cm³/mol. The van der Waals surface area contributed by atoms with E-state index in [-0.39, 0.29) is 5.91 Å². The predicted octanol–water partition coefficient (Wildman–Crippen LogP) is 2.55. The number of carbonyl (C=O) groups excluding carboxylic acids is 1. The Kier molecular flexibility index (Phi) is 2.28. The Morgan fingerprint density at radius 2 is 2.07 bits per heavy atom. The smallest absolute Gasteiger partial charge is 0.226 e. The van der Waals surface area contributed by atoms with Gasteiger partial charge in [-0.1, -0.05) is 25.1 Å². The molecule has 14 heavy (non-hydrogen) atoms. The molecule has 0 aromatic heterocycles. The largest absolute Gasteiger partial charge is 0.315 e. The molecule has 1 aliphatic rings. The van der Waals surface area contributed by atoms with Gasteiger partial charge in [0.15, 0.2) is 0 Å². The van der Waals surface area contributed by atoms with Crippen molar-refractivity contribution in [3.8, 4) is 0 Å². The van der Waals surface area contributed by atoms with Gasteiger partial charge >= 0.3 is 0 Å². The van der Waals surface area contributed by atoms with Gasteiger partial charge in [-0.2, -0.15) is 0 Å². The molecule has 0 saturated carbocycles. The molecular weight excluding hydrogens is 174 g/mol. The molecule has 1 aliphatic heterocycles. The van der Waals surface area contributed by atoms with Gasteiger partial charge < -0.3 is 4.90 Å². The highest BCUT2D eigenvalue weighted by molar-refractivity contribution is 5.94. The van der Waals surface area contributed by atoms with Gasteiger partial charge in [-0.05, 0) is 24.0 Å². The van der Waals surface area contributed by atoms with Gasteiger partial charge in [-0.25, -0.2) is 0 Å². The van der Waals surface area contributed by atoms with Gasteiger partial charge in [0.05, 0.1) is 0 Å². The van der Waals surface area contributed by atoms with Gasteiger partial charge in [0.25, 0.3) is 0 Å². The van der Waals surface area contributed by atoms with E-state index in [0.29, 0.717) is 12.3 Å². The number of benzene rings is 1. The van der Waals surface area contributed by atoms with Gasteiger partial charge in [-0.3, -0.25) is 4.79 Å². The number of fused-ring (bicyclic) bond motifs is 1. The second-order valence-electron chi connectivity index (χ2n) is 3.95. The van der Waals surface area contributed by atoms with E-state index in [1.165, 1.54) is 5.56 Å². The lowest BCUT2D eigenvalue weighted by Gasteiger charge is -2.18. The molecular formula is C12H15NO. The summed E-state index contributed by atoms with van der Waals surface area (Å²) in [5.41, 5.74) is 2.36. The van der Waals surface area contributed by atoms with Crippen LogP contribution in [0.3, 0.4) is 0 Å². The van der Waals surface area contributed by atoms with Crippen molar-refractivity contribution in [2.45, 2.75) is 25.7 Å². The summed E-state index contributed by atoms with van der Waals surface area (Å²) in [7, 11) is 1.86. The fraction of sp³-hybridized carbons (Fsp3) is 0.417. The zero-order chi connectivity index (χ0) is 10.1. The van der Waals surface area contributed by atoms with E-state index in [0.717, 1.165) is 12.1 Å². The van der Waals surface area contributed by atoms with Crippen LogP contribution >= 0.6 is 0 Å². The van der Waals surface area contributed by atoms with Crippen LogP contribution < -0.4 is 4.90 Å². The molecule has 1 aromatic carbocycles. The standard InChI is InChI=1S/C12H15NO/c1-9-7-8-12(14)13(2)11-6-4-3-5-10(9)11/h3-6,9H,7-8H2,1-2H3. The van der Waals surface area contributed by atoms with E-state index in [1.807, 2.05) is 25.2 Å². The van der Waals surface area contributed by atoms with Gasteiger partial charge in [0.1, 0.15) is 0 Å². The molecule has 1 heterocycles. The monoisotopic (exact) mass is 189 g/mol. The van der Waals surface area contributed by atoms with Crippen molar-refractivity contribution in [1.82, 2.24) is 0 Å². The first kappa shape index (κ1) is 9.25. The molecule has 0 bridgehead atoms. The summed E-state index contributed by atoms with van der Waals surface area (Å²) in [4.78, 5) is 13.4. The second kappa shape index (κ2) is 3.45. The van der Waals surface area contributed by atoms with Crippen LogP contribution in [0.5, 0.6) is 0 Å². The molecule has 0 fully saturated rings. The van der Waals surface area contributed by atoms with Crippen LogP contribution in [0.15, 0.2) is 24.3 Å². The van der Waals surface area contributed by atoms with Crippen LogP contribution in [0.1, 0.15) is 31.2 Å². The minimum absolute atomic E-state index is 0.224. The topological polar surface area (TPSA) is 20.3 Å². The average molecular weight is 189 g/mol. The maximum Gasteiger partial charge on any atom is 0.226 e. The molecule has 1 unspecified atom stereocenters. The Hall–Kier alpha value is -1.31. The number of para-hydroxylation sites is 1. The van der Waals surface area contributed by atoms with Gasteiger partial charge in [-0.15, -0.1) is 0 Å². The highest BCUT2D eigenvalue weighted by Crippen LogP contribution is 2.33. The van der Waals surface area contributed by atoms with Crippen molar-refractivity contribution in [3.05, 3.63) is 29.8 Å². The maximum atomic E-state index is 11.6. The average Bonchev–Trinajstić information content (AvgIpc) is 2.33. The van der Waals surface area contributed by atoms with Crippen molar-refractivity contribution in [1.29, 1.82) is 0 Å². The Labute approximate surface area is 84.5 Å². The lowest BCUT2D eigenvalue weighted by molar-refractivity contribution is -0.118. The third kappa shape index (κ3) is 1.41. The van der Waals surface area contributed by atoms with Crippen LogP contribution in [0.4, 0.5) is 5.69 Å². The Morgan fingerprint density at radius 3 is 2.86 bits per heavy atom. The van der Waals surface area contributed by atoms with E-state index in [4.69, 9.17) is 0 Å². The van der Waals surface area contributed by atoms with E-state index in [2.05, 4.69) is 13.0 Å². The first-order chi connectivity index (χ1) is 6.70. The highest BCUT2D eigenvalue weighted by Gasteiger charge is 2.22. The maximum absolute atomic E-state index is 11.6. The first-order valence-electron chi connectivity index (χ1n) is 5.05. The molecule has 74 valence electrons. The summed E-state index contributed by atoms with van der Waals surface area (Å²) < 4.78 is 0. The van der Waals surface area contributed by atoms with Crippen molar-refractivity contribution >= 4 is 11.6 Å². The third-order valence-corrected chi connectivity index (χ3v) is 2.99. The van der Waals surface area contributed by atoms with Gasteiger partial charge in [0.2, 0.25) is 5.91 Å². The van der Waals surface area contributed by atoms with Crippen molar-refractivity contribution in [2.75, 3.05) is 11.9 Å². The zero-order valence-corrected chi connectivity index (χ0v) is 8.66. The van der Waals surface area contributed by atoms with E-state index in [9.17, 15) is 4.79 Å². The number of carbonyl (C=O) groups is 1. The molecule has 1 atom stereocenters.